The lowest BCUT2D eigenvalue weighted by molar-refractivity contribution is 0.0994. The van der Waals surface area contributed by atoms with Gasteiger partial charge in [0.2, 0.25) is 0 Å². The van der Waals surface area contributed by atoms with Crippen LogP contribution in [0.5, 0.6) is 0 Å². The molecular weight excluding hydrogens is 234 g/mol. The Morgan fingerprint density at radius 3 is 2.47 bits per heavy atom. The van der Waals surface area contributed by atoms with E-state index in [1.165, 1.54) is 65.0 Å². The molecule has 2 rings (SSSR count). The van der Waals surface area contributed by atoms with Crippen molar-refractivity contribution in [1.82, 2.24) is 15.1 Å². The minimum absolute atomic E-state index is 0.758. The number of nitrogens with zero attached hydrogens (tertiary/aromatic N) is 2. The Kier molecular flexibility index (Phi) is 6.11. The van der Waals surface area contributed by atoms with Crippen molar-refractivity contribution in [2.75, 3.05) is 39.3 Å². The summed E-state index contributed by atoms with van der Waals surface area (Å²) < 4.78 is 0. The van der Waals surface area contributed by atoms with Gasteiger partial charge in [0.25, 0.3) is 0 Å². The highest BCUT2D eigenvalue weighted by molar-refractivity contribution is 4.84. The summed E-state index contributed by atoms with van der Waals surface area (Å²) in [6.07, 6.45) is 5.48. The zero-order valence-electron chi connectivity index (χ0n) is 13.2. The fourth-order valence-electron chi connectivity index (χ4n) is 3.72. The van der Waals surface area contributed by atoms with E-state index in [1.54, 1.807) is 0 Å². The summed E-state index contributed by atoms with van der Waals surface area (Å²) in [6.45, 7) is 14.6. The van der Waals surface area contributed by atoms with Crippen LogP contribution in [0, 0.1) is 5.92 Å². The number of nitrogens with one attached hydrogen (secondary N) is 1. The van der Waals surface area contributed by atoms with E-state index < -0.39 is 0 Å². The van der Waals surface area contributed by atoms with Crippen molar-refractivity contribution < 1.29 is 0 Å². The summed E-state index contributed by atoms with van der Waals surface area (Å²) in [5.41, 5.74) is 0. The lowest BCUT2D eigenvalue weighted by atomic mass is 10.0. The second-order valence-corrected chi connectivity index (χ2v) is 6.81. The Hall–Kier alpha value is -0.120. The van der Waals surface area contributed by atoms with E-state index in [4.69, 9.17) is 0 Å². The number of likely N-dealkylation sites (tertiary alicyclic amines) is 1. The van der Waals surface area contributed by atoms with Crippen LogP contribution in [0.1, 0.15) is 46.5 Å². The third kappa shape index (κ3) is 4.73. The third-order valence-corrected chi connectivity index (χ3v) is 4.72. The molecule has 3 nitrogen and oxygen atoms in total. The van der Waals surface area contributed by atoms with Gasteiger partial charge >= 0.3 is 0 Å². The first-order chi connectivity index (χ1) is 9.19. The highest BCUT2D eigenvalue weighted by Crippen LogP contribution is 2.19. The summed E-state index contributed by atoms with van der Waals surface area (Å²) in [5, 5.41) is 3.64. The van der Waals surface area contributed by atoms with Crippen molar-refractivity contribution in [3.63, 3.8) is 0 Å². The maximum Gasteiger partial charge on any atom is 0.0195 e. The van der Waals surface area contributed by atoms with Gasteiger partial charge in [-0.05, 0) is 57.8 Å². The molecule has 1 N–H and O–H groups in total. The monoisotopic (exact) mass is 267 g/mol. The lowest BCUT2D eigenvalue weighted by Crippen LogP contribution is -2.49. The Balaban J connectivity index is 1.74. The van der Waals surface area contributed by atoms with Gasteiger partial charge in [0, 0.05) is 25.2 Å². The number of hydrogen-bond donors (Lipinski definition) is 1. The Labute approximate surface area is 119 Å². The molecule has 19 heavy (non-hydrogen) atoms. The molecule has 1 unspecified atom stereocenters. The number of rotatable bonds is 6. The minimum atomic E-state index is 0.758. The van der Waals surface area contributed by atoms with Crippen LogP contribution in [0.3, 0.4) is 0 Å². The van der Waals surface area contributed by atoms with E-state index in [1.807, 2.05) is 0 Å². The van der Waals surface area contributed by atoms with Crippen molar-refractivity contribution in [2.45, 2.75) is 58.5 Å². The summed E-state index contributed by atoms with van der Waals surface area (Å²) in [6, 6.07) is 1.59. The number of piperidine rings is 1. The van der Waals surface area contributed by atoms with E-state index >= 15 is 0 Å². The normalized spacial score (nSPS) is 26.7. The second kappa shape index (κ2) is 7.61. The lowest BCUT2D eigenvalue weighted by Gasteiger charge is -2.39. The Morgan fingerprint density at radius 1 is 1.21 bits per heavy atom. The van der Waals surface area contributed by atoms with Crippen molar-refractivity contribution in [2.24, 2.45) is 5.92 Å². The fourth-order valence-corrected chi connectivity index (χ4v) is 3.72. The van der Waals surface area contributed by atoms with Crippen molar-refractivity contribution in [3.8, 4) is 0 Å². The molecule has 0 aromatic heterocycles. The highest BCUT2D eigenvalue weighted by Gasteiger charge is 2.26. The van der Waals surface area contributed by atoms with Gasteiger partial charge in [-0.2, -0.15) is 0 Å². The molecule has 0 spiro atoms. The van der Waals surface area contributed by atoms with Gasteiger partial charge in [-0.3, -0.25) is 4.90 Å². The van der Waals surface area contributed by atoms with E-state index in [9.17, 15) is 0 Å². The largest absolute Gasteiger partial charge is 0.313 e. The second-order valence-electron chi connectivity index (χ2n) is 6.81. The molecule has 2 aliphatic heterocycles. The fraction of sp³-hybridized carbons (Fsp3) is 1.00. The van der Waals surface area contributed by atoms with Crippen LogP contribution in [-0.4, -0.2) is 61.2 Å². The average molecular weight is 267 g/mol. The summed E-state index contributed by atoms with van der Waals surface area (Å²) in [4.78, 5) is 5.39. The molecular formula is C16H33N3. The summed E-state index contributed by atoms with van der Waals surface area (Å²) in [7, 11) is 0. The maximum absolute atomic E-state index is 3.64. The van der Waals surface area contributed by atoms with Gasteiger partial charge in [0.15, 0.2) is 0 Å². The zero-order valence-corrected chi connectivity index (χ0v) is 13.2. The first kappa shape index (κ1) is 15.3. The van der Waals surface area contributed by atoms with Gasteiger partial charge < -0.3 is 10.2 Å². The number of hydrogen-bond acceptors (Lipinski definition) is 3. The van der Waals surface area contributed by atoms with E-state index in [0.29, 0.717) is 0 Å². The molecule has 0 radical (unpaired) electrons. The Bertz CT molecular complexity index is 240. The molecule has 0 bridgehead atoms. The molecule has 2 aliphatic rings. The third-order valence-electron chi connectivity index (χ3n) is 4.72. The molecule has 1 atom stereocenters. The van der Waals surface area contributed by atoms with Crippen LogP contribution in [-0.2, 0) is 0 Å². The molecule has 0 aliphatic carbocycles. The van der Waals surface area contributed by atoms with Crippen LogP contribution in [0.15, 0.2) is 0 Å². The first-order valence-electron chi connectivity index (χ1n) is 8.38. The molecule has 112 valence electrons. The van der Waals surface area contributed by atoms with Crippen molar-refractivity contribution in [1.29, 1.82) is 0 Å². The van der Waals surface area contributed by atoms with Crippen LogP contribution in [0.25, 0.3) is 0 Å². The molecule has 0 aromatic rings. The smallest absolute Gasteiger partial charge is 0.0195 e. The maximum atomic E-state index is 3.64. The van der Waals surface area contributed by atoms with E-state index in [2.05, 4.69) is 35.9 Å². The van der Waals surface area contributed by atoms with Gasteiger partial charge in [-0.1, -0.05) is 20.8 Å². The van der Waals surface area contributed by atoms with Crippen molar-refractivity contribution >= 4 is 0 Å². The summed E-state index contributed by atoms with van der Waals surface area (Å²) >= 11 is 0. The molecule has 2 fully saturated rings. The van der Waals surface area contributed by atoms with Gasteiger partial charge in [0.05, 0.1) is 0 Å². The standard InChI is InChI=1S/C16H33N3/c1-4-19(13-15-6-5-9-17-15)16-7-10-18(11-8-16)12-14(2)3/h14-17H,4-13H2,1-3H3. The minimum Gasteiger partial charge on any atom is -0.313 e. The summed E-state index contributed by atoms with van der Waals surface area (Å²) in [5.74, 6) is 0.807. The predicted octanol–water partition coefficient (Wildman–Crippen LogP) is 2.18. The molecule has 0 amide bonds. The molecule has 0 saturated carbocycles. The first-order valence-corrected chi connectivity index (χ1v) is 8.38. The topological polar surface area (TPSA) is 18.5 Å². The predicted molar refractivity (Wildman–Crippen MR) is 82.6 cm³/mol. The quantitative estimate of drug-likeness (QED) is 0.796. The molecule has 3 heteroatoms. The highest BCUT2D eigenvalue weighted by atomic mass is 15.2. The van der Waals surface area contributed by atoms with E-state index in [-0.39, 0.29) is 0 Å². The Morgan fingerprint density at radius 2 is 1.95 bits per heavy atom. The average Bonchev–Trinajstić information content (AvgIpc) is 2.89. The molecule has 0 aromatic carbocycles. The van der Waals surface area contributed by atoms with Crippen LogP contribution in [0.2, 0.25) is 0 Å². The number of likely N-dealkylation sites (N-methyl/N-ethyl adjacent to an activating group) is 1. The van der Waals surface area contributed by atoms with Gasteiger partial charge in [0.1, 0.15) is 0 Å². The molecule has 2 saturated heterocycles. The molecule has 2 heterocycles. The van der Waals surface area contributed by atoms with Crippen LogP contribution in [0.4, 0.5) is 0 Å². The SMILES string of the molecule is CCN(CC1CCCN1)C1CCN(CC(C)C)CC1. The van der Waals surface area contributed by atoms with Crippen LogP contribution >= 0.6 is 0 Å². The van der Waals surface area contributed by atoms with E-state index in [0.717, 1.165) is 18.0 Å². The van der Waals surface area contributed by atoms with Gasteiger partial charge in [-0.25, -0.2) is 0 Å². The van der Waals surface area contributed by atoms with Gasteiger partial charge in [-0.15, -0.1) is 0 Å². The van der Waals surface area contributed by atoms with Crippen LogP contribution < -0.4 is 5.32 Å². The zero-order chi connectivity index (χ0) is 13.7. The van der Waals surface area contributed by atoms with Crippen molar-refractivity contribution in [3.05, 3.63) is 0 Å².